The van der Waals surface area contributed by atoms with Gasteiger partial charge < -0.3 is 19.9 Å². The number of phenolic OH excluding ortho intramolecular Hbond substituents is 1. The van der Waals surface area contributed by atoms with Crippen molar-refractivity contribution in [1.82, 2.24) is 0 Å². The summed E-state index contributed by atoms with van der Waals surface area (Å²) in [5.41, 5.74) is -0.358. The Labute approximate surface area is 177 Å². The van der Waals surface area contributed by atoms with E-state index in [-0.39, 0.29) is 29.2 Å². The van der Waals surface area contributed by atoms with E-state index in [1.807, 2.05) is 18.2 Å². The molecule has 3 aromatic carbocycles. The monoisotopic (exact) mass is 422 g/mol. The maximum absolute atomic E-state index is 12.8. The minimum Gasteiger partial charge on any atom is -0.506 e. The standard InChI is InChI=1S/C22H18N2O7/c1-30-22(27)15-9-5-11-17(25)19(15)23-21(26)16-10-6-12-18(20(16)24(28)29)31-13-14-7-3-2-4-8-14/h2-12,25H,13H2,1H3,(H,23,26). The van der Waals surface area contributed by atoms with Crippen molar-refractivity contribution in [3.8, 4) is 11.5 Å². The number of phenols is 1. The lowest BCUT2D eigenvalue weighted by Crippen LogP contribution is -2.17. The predicted molar refractivity (Wildman–Crippen MR) is 111 cm³/mol. The fraction of sp³-hybridized carbons (Fsp3) is 0.0909. The van der Waals surface area contributed by atoms with E-state index in [2.05, 4.69) is 10.1 Å². The highest BCUT2D eigenvalue weighted by atomic mass is 16.6. The minimum atomic E-state index is -0.900. The number of nitro groups is 1. The first-order chi connectivity index (χ1) is 14.9. The number of benzene rings is 3. The molecule has 0 saturated carbocycles. The molecule has 3 rings (SSSR count). The zero-order valence-corrected chi connectivity index (χ0v) is 16.4. The summed E-state index contributed by atoms with van der Waals surface area (Å²) >= 11 is 0. The van der Waals surface area contributed by atoms with Gasteiger partial charge >= 0.3 is 11.7 Å². The average Bonchev–Trinajstić information content (AvgIpc) is 2.78. The van der Waals surface area contributed by atoms with Gasteiger partial charge in [0.2, 0.25) is 0 Å². The van der Waals surface area contributed by atoms with Crippen molar-refractivity contribution in [3.63, 3.8) is 0 Å². The summed E-state index contributed by atoms with van der Waals surface area (Å²) in [4.78, 5) is 35.8. The van der Waals surface area contributed by atoms with Gasteiger partial charge in [0.1, 0.15) is 17.9 Å². The number of aromatic hydroxyl groups is 1. The van der Waals surface area contributed by atoms with Gasteiger partial charge in [-0.1, -0.05) is 42.5 Å². The predicted octanol–water partition coefficient (Wildman–Crippen LogP) is 3.92. The Kier molecular flexibility index (Phi) is 6.46. The molecule has 0 bridgehead atoms. The summed E-state index contributed by atoms with van der Waals surface area (Å²) in [6, 6.07) is 17.1. The molecule has 9 heteroatoms. The summed E-state index contributed by atoms with van der Waals surface area (Å²) in [6.45, 7) is 0.0682. The minimum absolute atomic E-state index is 0.0682. The van der Waals surface area contributed by atoms with E-state index in [0.717, 1.165) is 12.7 Å². The molecule has 0 atom stereocenters. The number of nitrogens with one attached hydrogen (secondary N) is 1. The van der Waals surface area contributed by atoms with Crippen LogP contribution in [0.5, 0.6) is 11.5 Å². The summed E-state index contributed by atoms with van der Waals surface area (Å²) in [5, 5.41) is 24.2. The van der Waals surface area contributed by atoms with Gasteiger partial charge in [0.05, 0.1) is 23.3 Å². The summed E-state index contributed by atoms with van der Waals surface area (Å²) < 4.78 is 10.2. The number of hydrogen-bond acceptors (Lipinski definition) is 7. The molecule has 0 aliphatic heterocycles. The van der Waals surface area contributed by atoms with Crippen molar-refractivity contribution in [2.75, 3.05) is 12.4 Å². The molecular weight excluding hydrogens is 404 g/mol. The molecule has 0 unspecified atom stereocenters. The zero-order chi connectivity index (χ0) is 22.4. The molecule has 0 fully saturated rings. The Morgan fingerprint density at radius 1 is 1.00 bits per heavy atom. The molecule has 0 aromatic heterocycles. The van der Waals surface area contributed by atoms with Crippen LogP contribution >= 0.6 is 0 Å². The van der Waals surface area contributed by atoms with Crippen molar-refractivity contribution in [2.24, 2.45) is 0 Å². The third-order valence-corrected chi connectivity index (χ3v) is 4.35. The number of carbonyl (C=O) groups is 2. The van der Waals surface area contributed by atoms with Gasteiger partial charge in [-0.3, -0.25) is 14.9 Å². The molecule has 1 amide bonds. The smallest absolute Gasteiger partial charge is 0.340 e. The SMILES string of the molecule is COC(=O)c1cccc(O)c1NC(=O)c1cccc(OCc2ccccc2)c1[N+](=O)[O-]. The molecule has 31 heavy (non-hydrogen) atoms. The van der Waals surface area contributed by atoms with Crippen LogP contribution in [0.4, 0.5) is 11.4 Å². The number of ether oxygens (including phenoxy) is 2. The lowest BCUT2D eigenvalue weighted by atomic mass is 10.1. The van der Waals surface area contributed by atoms with Gasteiger partial charge in [0.15, 0.2) is 5.75 Å². The first-order valence-corrected chi connectivity index (χ1v) is 9.08. The van der Waals surface area contributed by atoms with Gasteiger partial charge in [-0.05, 0) is 29.8 Å². The van der Waals surface area contributed by atoms with Gasteiger partial charge in [-0.25, -0.2) is 4.79 Å². The number of anilines is 1. The van der Waals surface area contributed by atoms with E-state index in [1.165, 1.54) is 36.4 Å². The van der Waals surface area contributed by atoms with E-state index in [4.69, 9.17) is 4.74 Å². The van der Waals surface area contributed by atoms with Crippen LogP contribution in [0.1, 0.15) is 26.3 Å². The average molecular weight is 422 g/mol. The Bertz CT molecular complexity index is 1130. The Balaban J connectivity index is 1.93. The highest BCUT2D eigenvalue weighted by molar-refractivity contribution is 6.11. The third-order valence-electron chi connectivity index (χ3n) is 4.35. The molecule has 9 nitrogen and oxygen atoms in total. The Morgan fingerprint density at radius 2 is 1.68 bits per heavy atom. The molecule has 3 aromatic rings. The fourth-order valence-electron chi connectivity index (χ4n) is 2.88. The van der Waals surface area contributed by atoms with Crippen LogP contribution in [0.3, 0.4) is 0 Å². The van der Waals surface area contributed by atoms with Gasteiger partial charge in [0, 0.05) is 0 Å². The summed E-state index contributed by atoms with van der Waals surface area (Å²) in [5.74, 6) is -2.17. The van der Waals surface area contributed by atoms with Crippen molar-refractivity contribution in [2.45, 2.75) is 6.61 Å². The van der Waals surface area contributed by atoms with Crippen molar-refractivity contribution >= 4 is 23.3 Å². The van der Waals surface area contributed by atoms with Crippen LogP contribution in [0.25, 0.3) is 0 Å². The first kappa shape index (κ1) is 21.3. The van der Waals surface area contributed by atoms with Crippen LogP contribution in [0, 0.1) is 10.1 Å². The summed E-state index contributed by atoms with van der Waals surface area (Å²) in [7, 11) is 1.15. The quantitative estimate of drug-likeness (QED) is 0.256. The maximum atomic E-state index is 12.8. The first-order valence-electron chi connectivity index (χ1n) is 9.08. The molecular formula is C22H18N2O7. The molecule has 158 valence electrons. The molecule has 0 saturated heterocycles. The maximum Gasteiger partial charge on any atom is 0.340 e. The lowest BCUT2D eigenvalue weighted by molar-refractivity contribution is -0.386. The topological polar surface area (TPSA) is 128 Å². The number of esters is 1. The number of hydrogen-bond donors (Lipinski definition) is 2. The molecule has 0 aliphatic rings. The van der Waals surface area contributed by atoms with Crippen LogP contribution < -0.4 is 10.1 Å². The molecule has 0 spiro atoms. The van der Waals surface area contributed by atoms with Crippen LogP contribution in [0.2, 0.25) is 0 Å². The second kappa shape index (κ2) is 9.40. The summed E-state index contributed by atoms with van der Waals surface area (Å²) in [6.07, 6.45) is 0. The van der Waals surface area contributed by atoms with E-state index in [9.17, 15) is 24.8 Å². The Morgan fingerprint density at radius 3 is 2.35 bits per heavy atom. The van der Waals surface area contributed by atoms with E-state index < -0.39 is 28.2 Å². The van der Waals surface area contributed by atoms with Crippen LogP contribution in [0.15, 0.2) is 66.7 Å². The number of carbonyl (C=O) groups excluding carboxylic acids is 2. The Hall–Kier alpha value is -4.40. The highest BCUT2D eigenvalue weighted by Crippen LogP contribution is 2.34. The zero-order valence-electron chi connectivity index (χ0n) is 16.4. The van der Waals surface area contributed by atoms with Crippen LogP contribution in [-0.2, 0) is 11.3 Å². The number of amides is 1. The molecule has 0 heterocycles. The number of nitro benzene ring substituents is 1. The largest absolute Gasteiger partial charge is 0.506 e. The van der Waals surface area contributed by atoms with Crippen LogP contribution in [-0.4, -0.2) is 29.0 Å². The highest BCUT2D eigenvalue weighted by Gasteiger charge is 2.27. The van der Waals surface area contributed by atoms with E-state index in [0.29, 0.717) is 0 Å². The fourth-order valence-corrected chi connectivity index (χ4v) is 2.88. The normalized spacial score (nSPS) is 10.2. The second-order valence-electron chi connectivity index (χ2n) is 6.33. The van der Waals surface area contributed by atoms with Gasteiger partial charge in [0.25, 0.3) is 5.91 Å². The second-order valence-corrected chi connectivity index (χ2v) is 6.33. The van der Waals surface area contributed by atoms with Crippen molar-refractivity contribution in [1.29, 1.82) is 0 Å². The van der Waals surface area contributed by atoms with Gasteiger partial charge in [-0.2, -0.15) is 0 Å². The third kappa shape index (κ3) is 4.78. The number of methoxy groups -OCH3 is 1. The molecule has 0 radical (unpaired) electrons. The van der Waals surface area contributed by atoms with Crippen molar-refractivity contribution in [3.05, 3.63) is 93.5 Å². The number of para-hydroxylation sites is 2. The van der Waals surface area contributed by atoms with E-state index in [1.54, 1.807) is 12.1 Å². The molecule has 0 aliphatic carbocycles. The van der Waals surface area contributed by atoms with Gasteiger partial charge in [-0.15, -0.1) is 0 Å². The number of rotatable bonds is 7. The number of nitrogens with zero attached hydrogens (tertiary/aromatic N) is 1. The van der Waals surface area contributed by atoms with Crippen molar-refractivity contribution < 1.29 is 29.1 Å². The van der Waals surface area contributed by atoms with E-state index >= 15 is 0 Å². The lowest BCUT2D eigenvalue weighted by Gasteiger charge is -2.13. The molecule has 2 N–H and O–H groups in total.